The zero-order chi connectivity index (χ0) is 8.39. The average molecular weight is 268 g/mol. The third-order valence-electron chi connectivity index (χ3n) is 2.00. The molecule has 0 aromatic heterocycles. The van der Waals surface area contributed by atoms with Crippen LogP contribution >= 0.6 is 22.6 Å². The van der Waals surface area contributed by atoms with E-state index in [4.69, 9.17) is 0 Å². The highest BCUT2D eigenvalue weighted by Gasteiger charge is 2.05. The van der Waals surface area contributed by atoms with Gasteiger partial charge in [0.15, 0.2) is 0 Å². The van der Waals surface area contributed by atoms with E-state index in [2.05, 4.69) is 71.2 Å². The van der Waals surface area contributed by atoms with Gasteiger partial charge in [-0.25, -0.2) is 0 Å². The summed E-state index contributed by atoms with van der Waals surface area (Å²) in [6, 6.07) is 8.67. The molecule has 1 aromatic carbocycles. The molecule has 0 aliphatic heterocycles. The van der Waals surface area contributed by atoms with E-state index in [0.29, 0.717) is 5.92 Å². The quantitative estimate of drug-likeness (QED) is 0.684. The lowest BCUT2D eigenvalue weighted by Gasteiger charge is -2.04. The molecule has 1 aliphatic carbocycles. The van der Waals surface area contributed by atoms with Crippen molar-refractivity contribution < 1.29 is 0 Å². The van der Waals surface area contributed by atoms with Crippen LogP contribution in [0.4, 0.5) is 0 Å². The molecule has 0 nitrogen and oxygen atoms in total. The van der Waals surface area contributed by atoms with Crippen LogP contribution in [0.3, 0.4) is 0 Å². The van der Waals surface area contributed by atoms with Crippen molar-refractivity contribution in [2.24, 2.45) is 0 Å². The standard InChI is InChI=1S/C11H9I/c12-11-7-5-10(6-8-11)9-3-1-2-4-9/h1-9H. The molecule has 0 bridgehead atoms. The number of halogens is 1. The van der Waals surface area contributed by atoms with Gasteiger partial charge < -0.3 is 0 Å². The Bertz CT molecular complexity index is 307. The maximum atomic E-state index is 2.32. The highest BCUT2D eigenvalue weighted by atomic mass is 127. The van der Waals surface area contributed by atoms with Gasteiger partial charge >= 0.3 is 0 Å². The summed E-state index contributed by atoms with van der Waals surface area (Å²) < 4.78 is 1.29. The zero-order valence-electron chi connectivity index (χ0n) is 6.57. The smallest absolute Gasteiger partial charge is 0.0204 e. The van der Waals surface area contributed by atoms with Crippen molar-refractivity contribution in [2.75, 3.05) is 0 Å². The molecule has 0 N–H and O–H groups in total. The van der Waals surface area contributed by atoms with E-state index in [1.807, 2.05) is 0 Å². The molecule has 1 heteroatoms. The van der Waals surface area contributed by atoms with Crippen molar-refractivity contribution in [2.45, 2.75) is 5.92 Å². The Morgan fingerprint density at radius 3 is 2.08 bits per heavy atom. The molecule has 1 aromatic rings. The topological polar surface area (TPSA) is 0 Å². The van der Waals surface area contributed by atoms with E-state index < -0.39 is 0 Å². The molecule has 0 fully saturated rings. The number of benzene rings is 1. The van der Waals surface area contributed by atoms with Crippen molar-refractivity contribution in [3.8, 4) is 0 Å². The molecule has 0 saturated carbocycles. The van der Waals surface area contributed by atoms with Crippen molar-refractivity contribution >= 4 is 22.6 Å². The Balaban J connectivity index is 2.29. The minimum atomic E-state index is 0.502. The van der Waals surface area contributed by atoms with Crippen LogP contribution in [0.15, 0.2) is 48.6 Å². The summed E-state index contributed by atoms with van der Waals surface area (Å²) >= 11 is 2.32. The predicted molar refractivity (Wildman–Crippen MR) is 60.2 cm³/mol. The second-order valence-corrected chi connectivity index (χ2v) is 4.09. The first kappa shape index (κ1) is 8.05. The van der Waals surface area contributed by atoms with Gasteiger partial charge in [-0.15, -0.1) is 0 Å². The molecular weight excluding hydrogens is 259 g/mol. The van der Waals surface area contributed by atoms with E-state index in [1.54, 1.807) is 0 Å². The van der Waals surface area contributed by atoms with Gasteiger partial charge in [0, 0.05) is 9.49 Å². The maximum absolute atomic E-state index is 2.32. The van der Waals surface area contributed by atoms with Gasteiger partial charge in [-0.1, -0.05) is 36.4 Å². The Hall–Kier alpha value is -0.570. The molecular formula is C11H9I. The highest BCUT2D eigenvalue weighted by Crippen LogP contribution is 2.23. The SMILES string of the molecule is Ic1ccc(C2C=CC=C2)cc1. The first-order chi connectivity index (χ1) is 5.86. The average Bonchev–Trinajstić information content (AvgIpc) is 2.58. The molecule has 2 rings (SSSR count). The van der Waals surface area contributed by atoms with Crippen LogP contribution in [0.1, 0.15) is 11.5 Å². The second-order valence-electron chi connectivity index (χ2n) is 2.85. The molecule has 1 aliphatic rings. The fourth-order valence-corrected chi connectivity index (χ4v) is 1.70. The van der Waals surface area contributed by atoms with Gasteiger partial charge in [-0.2, -0.15) is 0 Å². The molecule has 60 valence electrons. The molecule has 0 saturated heterocycles. The molecule has 0 atom stereocenters. The summed E-state index contributed by atoms with van der Waals surface area (Å²) in [7, 11) is 0. The van der Waals surface area contributed by atoms with E-state index in [1.165, 1.54) is 9.13 Å². The van der Waals surface area contributed by atoms with Crippen LogP contribution in [-0.4, -0.2) is 0 Å². The Morgan fingerprint density at radius 1 is 0.917 bits per heavy atom. The van der Waals surface area contributed by atoms with Crippen molar-refractivity contribution in [1.29, 1.82) is 0 Å². The molecule has 12 heavy (non-hydrogen) atoms. The largest absolute Gasteiger partial charge is 0.0732 e. The summed E-state index contributed by atoms with van der Waals surface area (Å²) in [6.07, 6.45) is 8.62. The summed E-state index contributed by atoms with van der Waals surface area (Å²) in [6.45, 7) is 0. The van der Waals surface area contributed by atoms with Gasteiger partial charge in [0.1, 0.15) is 0 Å². The lowest BCUT2D eigenvalue weighted by Crippen LogP contribution is -1.87. The maximum Gasteiger partial charge on any atom is 0.0204 e. The highest BCUT2D eigenvalue weighted by molar-refractivity contribution is 14.1. The van der Waals surface area contributed by atoms with Crippen LogP contribution in [0.5, 0.6) is 0 Å². The first-order valence-electron chi connectivity index (χ1n) is 3.97. The Kier molecular flexibility index (Phi) is 2.30. The Labute approximate surface area is 86.1 Å². The lowest BCUT2D eigenvalue weighted by atomic mass is 10.0. The summed E-state index contributed by atoms with van der Waals surface area (Å²) in [5.41, 5.74) is 1.38. The third-order valence-corrected chi connectivity index (χ3v) is 2.72. The van der Waals surface area contributed by atoms with Gasteiger partial charge in [-0.3, -0.25) is 0 Å². The lowest BCUT2D eigenvalue weighted by molar-refractivity contribution is 1.10. The van der Waals surface area contributed by atoms with Crippen molar-refractivity contribution in [3.63, 3.8) is 0 Å². The molecule has 0 unspecified atom stereocenters. The van der Waals surface area contributed by atoms with Crippen LogP contribution in [0, 0.1) is 3.57 Å². The van der Waals surface area contributed by atoms with Crippen LogP contribution in [-0.2, 0) is 0 Å². The van der Waals surface area contributed by atoms with Crippen LogP contribution in [0.2, 0.25) is 0 Å². The van der Waals surface area contributed by atoms with Crippen LogP contribution in [0.25, 0.3) is 0 Å². The van der Waals surface area contributed by atoms with Gasteiger partial charge in [0.25, 0.3) is 0 Å². The molecule has 0 spiro atoms. The molecule has 0 radical (unpaired) electrons. The van der Waals surface area contributed by atoms with Crippen molar-refractivity contribution in [3.05, 3.63) is 57.7 Å². The Morgan fingerprint density at radius 2 is 1.50 bits per heavy atom. The number of hydrogen-bond donors (Lipinski definition) is 0. The van der Waals surface area contributed by atoms with E-state index in [0.717, 1.165) is 0 Å². The molecule has 0 heterocycles. The van der Waals surface area contributed by atoms with E-state index in [-0.39, 0.29) is 0 Å². The molecule has 0 amide bonds. The van der Waals surface area contributed by atoms with Crippen molar-refractivity contribution in [1.82, 2.24) is 0 Å². The van der Waals surface area contributed by atoms with E-state index in [9.17, 15) is 0 Å². The fourth-order valence-electron chi connectivity index (χ4n) is 1.34. The minimum absolute atomic E-state index is 0.502. The normalized spacial score (nSPS) is 15.8. The van der Waals surface area contributed by atoms with Gasteiger partial charge in [0.2, 0.25) is 0 Å². The van der Waals surface area contributed by atoms with Gasteiger partial charge in [0.05, 0.1) is 0 Å². The number of rotatable bonds is 1. The summed E-state index contributed by atoms with van der Waals surface area (Å²) in [5.74, 6) is 0.502. The second kappa shape index (κ2) is 3.44. The minimum Gasteiger partial charge on any atom is -0.0732 e. The predicted octanol–water partition coefficient (Wildman–Crippen LogP) is 3.50. The fraction of sp³-hybridized carbons (Fsp3) is 0.0909. The number of hydrogen-bond acceptors (Lipinski definition) is 0. The zero-order valence-corrected chi connectivity index (χ0v) is 8.73. The van der Waals surface area contributed by atoms with E-state index >= 15 is 0 Å². The van der Waals surface area contributed by atoms with Crippen LogP contribution < -0.4 is 0 Å². The summed E-state index contributed by atoms with van der Waals surface area (Å²) in [4.78, 5) is 0. The third kappa shape index (κ3) is 1.61. The first-order valence-corrected chi connectivity index (χ1v) is 5.04. The van der Waals surface area contributed by atoms with Gasteiger partial charge in [-0.05, 0) is 40.3 Å². The monoisotopic (exact) mass is 268 g/mol. The summed E-state index contributed by atoms with van der Waals surface area (Å²) in [5, 5.41) is 0. The number of allylic oxidation sites excluding steroid dienone is 4.